The van der Waals surface area contributed by atoms with Crippen LogP contribution in [-0.4, -0.2) is 36.9 Å². The van der Waals surface area contributed by atoms with Crippen LogP contribution in [0, 0.1) is 6.92 Å². The molecule has 0 aliphatic carbocycles. The van der Waals surface area contributed by atoms with E-state index in [0.29, 0.717) is 22.6 Å². The lowest BCUT2D eigenvalue weighted by Crippen LogP contribution is -2.32. The number of carbonyl (C=O) groups excluding carboxylic acids is 2. The number of amides is 2. The Labute approximate surface area is 205 Å². The number of aryl methyl sites for hydroxylation is 1. The lowest BCUT2D eigenvalue weighted by atomic mass is 10.0. The number of hydrogen-bond donors (Lipinski definition) is 1. The van der Waals surface area contributed by atoms with Gasteiger partial charge in [0.05, 0.1) is 19.2 Å². The SMILES string of the molecule is COc1ccccc1CN1C(=O)C(Nc2ccc(N3CCCC3)cc2)=C(c2ccc(C)cc2)C1=O. The molecule has 0 atom stereocenters. The van der Waals surface area contributed by atoms with Crippen molar-refractivity contribution < 1.29 is 14.3 Å². The molecule has 178 valence electrons. The molecule has 2 amide bonds. The number of carbonyl (C=O) groups is 2. The average molecular weight is 468 g/mol. The van der Waals surface area contributed by atoms with Gasteiger partial charge in [-0.05, 0) is 55.7 Å². The van der Waals surface area contributed by atoms with Crippen LogP contribution in [0.4, 0.5) is 11.4 Å². The number of benzene rings is 3. The highest BCUT2D eigenvalue weighted by Crippen LogP contribution is 2.33. The molecule has 0 saturated carbocycles. The van der Waals surface area contributed by atoms with Gasteiger partial charge in [0.15, 0.2) is 0 Å². The van der Waals surface area contributed by atoms with Crippen LogP contribution in [0.15, 0.2) is 78.5 Å². The maximum atomic E-state index is 13.6. The zero-order valence-corrected chi connectivity index (χ0v) is 20.1. The lowest BCUT2D eigenvalue weighted by Gasteiger charge is -2.18. The fraction of sp³-hybridized carbons (Fsp3) is 0.241. The molecule has 1 N–H and O–H groups in total. The zero-order chi connectivity index (χ0) is 24.4. The van der Waals surface area contributed by atoms with Crippen molar-refractivity contribution in [3.05, 3.63) is 95.2 Å². The summed E-state index contributed by atoms with van der Waals surface area (Å²) in [4.78, 5) is 30.8. The van der Waals surface area contributed by atoms with Gasteiger partial charge in [-0.25, -0.2) is 0 Å². The second-order valence-corrected chi connectivity index (χ2v) is 8.99. The third-order valence-corrected chi connectivity index (χ3v) is 6.64. The van der Waals surface area contributed by atoms with Crippen molar-refractivity contribution in [2.24, 2.45) is 0 Å². The molecule has 1 saturated heterocycles. The standard InChI is InChI=1S/C29H29N3O3/c1-20-9-11-21(12-10-20)26-27(30-23-13-15-24(16-14-23)31-17-5-6-18-31)29(34)32(28(26)33)19-22-7-3-4-8-25(22)35-2/h3-4,7-16,30H,5-6,17-19H2,1-2H3. The van der Waals surface area contributed by atoms with E-state index in [4.69, 9.17) is 4.74 Å². The largest absolute Gasteiger partial charge is 0.496 e. The summed E-state index contributed by atoms with van der Waals surface area (Å²) in [6, 6.07) is 23.2. The van der Waals surface area contributed by atoms with Crippen molar-refractivity contribution in [2.75, 3.05) is 30.4 Å². The van der Waals surface area contributed by atoms with Gasteiger partial charge in [-0.2, -0.15) is 0 Å². The van der Waals surface area contributed by atoms with Crippen molar-refractivity contribution in [1.29, 1.82) is 0 Å². The van der Waals surface area contributed by atoms with Gasteiger partial charge in [-0.3, -0.25) is 14.5 Å². The third kappa shape index (κ3) is 4.52. The Bertz CT molecular complexity index is 1270. The van der Waals surface area contributed by atoms with Crippen molar-refractivity contribution in [2.45, 2.75) is 26.3 Å². The number of hydrogen-bond acceptors (Lipinski definition) is 5. The molecule has 35 heavy (non-hydrogen) atoms. The Hall–Kier alpha value is -4.06. The van der Waals surface area contributed by atoms with Gasteiger partial charge >= 0.3 is 0 Å². The Morgan fingerprint density at radius 1 is 0.857 bits per heavy atom. The maximum Gasteiger partial charge on any atom is 0.278 e. The van der Waals surface area contributed by atoms with E-state index in [0.717, 1.165) is 29.9 Å². The molecule has 0 unspecified atom stereocenters. The molecule has 3 aromatic rings. The van der Waals surface area contributed by atoms with Gasteiger partial charge in [0, 0.05) is 30.0 Å². The molecule has 2 heterocycles. The summed E-state index contributed by atoms with van der Waals surface area (Å²) in [5.41, 5.74) is 5.20. The molecule has 0 bridgehead atoms. The Kier molecular flexibility index (Phi) is 6.27. The number of methoxy groups -OCH3 is 1. The summed E-state index contributed by atoms with van der Waals surface area (Å²) in [6.07, 6.45) is 2.43. The molecule has 0 radical (unpaired) electrons. The van der Waals surface area contributed by atoms with E-state index in [1.54, 1.807) is 7.11 Å². The van der Waals surface area contributed by atoms with Crippen LogP contribution in [-0.2, 0) is 16.1 Å². The van der Waals surface area contributed by atoms with E-state index in [2.05, 4.69) is 22.3 Å². The molecule has 2 aliphatic rings. The first-order valence-corrected chi connectivity index (χ1v) is 12.0. The van der Waals surface area contributed by atoms with E-state index >= 15 is 0 Å². The topological polar surface area (TPSA) is 61.9 Å². The minimum atomic E-state index is -0.347. The molecule has 1 fully saturated rings. The molecule has 6 heteroatoms. The molecule has 3 aromatic carbocycles. The van der Waals surface area contributed by atoms with Crippen LogP contribution < -0.4 is 15.0 Å². The number of para-hydroxylation sites is 1. The normalized spacial score (nSPS) is 15.8. The van der Waals surface area contributed by atoms with E-state index in [-0.39, 0.29) is 18.4 Å². The average Bonchev–Trinajstić information content (AvgIpc) is 3.49. The molecule has 6 nitrogen and oxygen atoms in total. The van der Waals surface area contributed by atoms with Crippen LogP contribution in [0.5, 0.6) is 5.75 Å². The zero-order valence-electron chi connectivity index (χ0n) is 20.1. The van der Waals surface area contributed by atoms with Crippen LogP contribution >= 0.6 is 0 Å². The summed E-state index contributed by atoms with van der Waals surface area (Å²) in [5.74, 6) is -0.0232. The molecular weight excluding hydrogens is 438 g/mol. The van der Waals surface area contributed by atoms with Crippen LogP contribution in [0.2, 0.25) is 0 Å². The summed E-state index contributed by atoms with van der Waals surface area (Å²) in [6.45, 7) is 4.27. The van der Waals surface area contributed by atoms with Crippen molar-refractivity contribution in [3.63, 3.8) is 0 Å². The first-order valence-electron chi connectivity index (χ1n) is 12.0. The predicted octanol–water partition coefficient (Wildman–Crippen LogP) is 5.00. The number of rotatable bonds is 7. The molecule has 0 spiro atoms. The summed E-state index contributed by atoms with van der Waals surface area (Å²) in [7, 11) is 1.58. The number of imide groups is 1. The summed E-state index contributed by atoms with van der Waals surface area (Å²) >= 11 is 0. The second kappa shape index (κ2) is 9.66. The maximum absolute atomic E-state index is 13.6. The minimum Gasteiger partial charge on any atom is -0.496 e. The monoisotopic (exact) mass is 467 g/mol. The Morgan fingerprint density at radius 3 is 2.23 bits per heavy atom. The third-order valence-electron chi connectivity index (χ3n) is 6.64. The highest BCUT2D eigenvalue weighted by molar-refractivity contribution is 6.36. The number of nitrogens with zero attached hydrogens (tertiary/aromatic N) is 2. The number of ether oxygens (including phenoxy) is 1. The fourth-order valence-corrected chi connectivity index (χ4v) is 4.70. The Balaban J connectivity index is 1.47. The van der Waals surface area contributed by atoms with E-state index in [1.807, 2.05) is 67.6 Å². The summed E-state index contributed by atoms with van der Waals surface area (Å²) in [5, 5.41) is 3.26. The van der Waals surface area contributed by atoms with Gasteiger partial charge in [0.25, 0.3) is 11.8 Å². The number of nitrogens with one attached hydrogen (secondary N) is 1. The van der Waals surface area contributed by atoms with E-state index < -0.39 is 0 Å². The van der Waals surface area contributed by atoms with Gasteiger partial charge in [-0.15, -0.1) is 0 Å². The van der Waals surface area contributed by atoms with Crippen molar-refractivity contribution in [1.82, 2.24) is 4.90 Å². The van der Waals surface area contributed by atoms with Crippen molar-refractivity contribution >= 4 is 28.8 Å². The van der Waals surface area contributed by atoms with Gasteiger partial charge in [0.2, 0.25) is 0 Å². The summed E-state index contributed by atoms with van der Waals surface area (Å²) < 4.78 is 5.44. The van der Waals surface area contributed by atoms with Crippen LogP contribution in [0.25, 0.3) is 5.57 Å². The number of anilines is 2. The fourth-order valence-electron chi connectivity index (χ4n) is 4.70. The van der Waals surface area contributed by atoms with Gasteiger partial charge in [-0.1, -0.05) is 48.0 Å². The first kappa shape index (κ1) is 22.7. The van der Waals surface area contributed by atoms with E-state index in [1.165, 1.54) is 23.4 Å². The van der Waals surface area contributed by atoms with Gasteiger partial charge < -0.3 is 15.0 Å². The molecule has 5 rings (SSSR count). The minimum absolute atomic E-state index is 0.135. The molecule has 0 aromatic heterocycles. The highest BCUT2D eigenvalue weighted by Gasteiger charge is 2.39. The van der Waals surface area contributed by atoms with E-state index in [9.17, 15) is 9.59 Å². The predicted molar refractivity (Wildman–Crippen MR) is 138 cm³/mol. The van der Waals surface area contributed by atoms with Crippen LogP contribution in [0.3, 0.4) is 0 Å². The van der Waals surface area contributed by atoms with Crippen LogP contribution in [0.1, 0.15) is 29.5 Å². The lowest BCUT2D eigenvalue weighted by molar-refractivity contribution is -0.137. The highest BCUT2D eigenvalue weighted by atomic mass is 16.5. The molecule has 2 aliphatic heterocycles. The quantitative estimate of drug-likeness (QED) is 0.496. The first-order chi connectivity index (χ1) is 17.0. The van der Waals surface area contributed by atoms with Crippen molar-refractivity contribution in [3.8, 4) is 5.75 Å². The smallest absolute Gasteiger partial charge is 0.278 e. The Morgan fingerprint density at radius 2 is 1.54 bits per heavy atom. The molecular formula is C29H29N3O3. The van der Waals surface area contributed by atoms with Gasteiger partial charge in [0.1, 0.15) is 11.4 Å². The second-order valence-electron chi connectivity index (χ2n) is 8.99.